The summed E-state index contributed by atoms with van der Waals surface area (Å²) in [6.45, 7) is 0.895. The van der Waals surface area contributed by atoms with Gasteiger partial charge in [-0.25, -0.2) is 9.78 Å². The van der Waals surface area contributed by atoms with E-state index in [0.717, 1.165) is 23.5 Å². The van der Waals surface area contributed by atoms with Gasteiger partial charge in [-0.1, -0.05) is 19.3 Å². The largest absolute Gasteiger partial charge is 0.454 e. The average molecular weight is 417 g/mol. The lowest BCUT2D eigenvalue weighted by atomic mass is 9.75. The van der Waals surface area contributed by atoms with E-state index >= 15 is 0 Å². The zero-order valence-electron chi connectivity index (χ0n) is 17.4. The second-order valence-electron chi connectivity index (χ2n) is 8.34. The van der Waals surface area contributed by atoms with Gasteiger partial charge in [-0.3, -0.25) is 23.5 Å². The Hall–Kier alpha value is -2.91. The van der Waals surface area contributed by atoms with Crippen molar-refractivity contribution in [3.05, 3.63) is 27.2 Å². The second kappa shape index (κ2) is 8.08. The van der Waals surface area contributed by atoms with E-state index in [2.05, 4.69) is 4.98 Å². The highest BCUT2D eigenvalue weighted by molar-refractivity contribution is 5.81. The maximum Gasteiger partial charge on any atom is 0.332 e. The Morgan fingerprint density at radius 2 is 1.83 bits per heavy atom. The second-order valence-corrected chi connectivity index (χ2v) is 8.34. The van der Waals surface area contributed by atoms with Crippen LogP contribution in [0.5, 0.6) is 0 Å². The van der Waals surface area contributed by atoms with Crippen LogP contribution in [0.15, 0.2) is 15.9 Å². The minimum atomic E-state index is -0.633. The number of carbonyl (C=O) groups excluding carboxylic acids is 2. The van der Waals surface area contributed by atoms with E-state index in [4.69, 9.17) is 4.74 Å². The molecule has 0 aromatic carbocycles. The first-order valence-corrected chi connectivity index (χ1v) is 10.4. The van der Waals surface area contributed by atoms with Crippen molar-refractivity contribution >= 4 is 23.0 Å². The van der Waals surface area contributed by atoms with Crippen LogP contribution < -0.4 is 11.2 Å². The zero-order chi connectivity index (χ0) is 21.4. The van der Waals surface area contributed by atoms with Crippen molar-refractivity contribution in [2.24, 2.45) is 25.9 Å². The van der Waals surface area contributed by atoms with Crippen molar-refractivity contribution in [3.8, 4) is 0 Å². The van der Waals surface area contributed by atoms with Crippen LogP contribution in [0.25, 0.3) is 11.2 Å². The molecule has 0 unspecified atom stereocenters. The third-order valence-corrected chi connectivity index (χ3v) is 6.52. The van der Waals surface area contributed by atoms with Crippen LogP contribution in [0, 0.1) is 11.8 Å². The first kappa shape index (κ1) is 20.4. The van der Waals surface area contributed by atoms with Gasteiger partial charge in [0.05, 0.1) is 6.33 Å². The van der Waals surface area contributed by atoms with Gasteiger partial charge in [0, 0.05) is 27.2 Å². The lowest BCUT2D eigenvalue weighted by molar-refractivity contribution is -0.153. The summed E-state index contributed by atoms with van der Waals surface area (Å²) < 4.78 is 8.74. The van der Waals surface area contributed by atoms with Gasteiger partial charge in [0.25, 0.3) is 11.5 Å². The number of piperidine rings is 1. The molecule has 2 aromatic heterocycles. The van der Waals surface area contributed by atoms with Gasteiger partial charge in [-0.15, -0.1) is 0 Å². The zero-order valence-corrected chi connectivity index (χ0v) is 17.4. The molecular formula is C20H27N5O5. The molecule has 0 bridgehead atoms. The number of nitrogens with zero attached hydrogens (tertiary/aromatic N) is 5. The number of amides is 1. The molecule has 2 atom stereocenters. The van der Waals surface area contributed by atoms with Crippen molar-refractivity contribution in [2.45, 2.75) is 38.6 Å². The summed E-state index contributed by atoms with van der Waals surface area (Å²) in [5.74, 6) is 0.470. The number of carbonyl (C=O) groups is 2. The molecule has 0 radical (unpaired) electrons. The summed E-state index contributed by atoms with van der Waals surface area (Å²) >= 11 is 0. The number of esters is 1. The lowest BCUT2D eigenvalue weighted by Gasteiger charge is -2.41. The fourth-order valence-corrected chi connectivity index (χ4v) is 4.76. The number of aromatic nitrogens is 4. The molecule has 1 aliphatic carbocycles. The fraction of sp³-hybridized carbons (Fsp3) is 0.650. The molecule has 10 nitrogen and oxygen atoms in total. The molecule has 3 heterocycles. The number of likely N-dealkylation sites (tertiary alicyclic amines) is 1. The van der Waals surface area contributed by atoms with Gasteiger partial charge in [0.2, 0.25) is 0 Å². The van der Waals surface area contributed by atoms with E-state index in [-0.39, 0.29) is 30.2 Å². The lowest BCUT2D eigenvalue weighted by Crippen LogP contribution is -2.46. The minimum absolute atomic E-state index is 0.141. The summed E-state index contributed by atoms with van der Waals surface area (Å²) in [5.41, 5.74) is -0.693. The summed E-state index contributed by atoms with van der Waals surface area (Å²) in [6.07, 6.45) is 7.27. The SMILES string of the molecule is Cn1c(=O)c2c(ncn2CC(=O)OCC(=O)N2CC[C@H]3CCCC[C@@H]3C2)n(C)c1=O. The molecular weight excluding hydrogens is 390 g/mol. The molecule has 4 rings (SSSR count). The molecule has 30 heavy (non-hydrogen) atoms. The van der Waals surface area contributed by atoms with Crippen LogP contribution in [-0.4, -0.2) is 55.2 Å². The van der Waals surface area contributed by atoms with Crippen molar-refractivity contribution in [2.75, 3.05) is 19.7 Å². The number of hydrogen-bond acceptors (Lipinski definition) is 6. The van der Waals surface area contributed by atoms with Crippen LogP contribution in [-0.2, 0) is 35.0 Å². The number of fused-ring (bicyclic) bond motifs is 2. The fourth-order valence-electron chi connectivity index (χ4n) is 4.76. The highest BCUT2D eigenvalue weighted by Gasteiger charge is 2.33. The Bertz CT molecular complexity index is 1100. The molecule has 1 amide bonds. The summed E-state index contributed by atoms with van der Waals surface area (Å²) in [4.78, 5) is 55.1. The Balaban J connectivity index is 1.38. The van der Waals surface area contributed by atoms with Crippen molar-refractivity contribution < 1.29 is 14.3 Å². The van der Waals surface area contributed by atoms with Gasteiger partial charge >= 0.3 is 11.7 Å². The first-order valence-electron chi connectivity index (χ1n) is 10.4. The smallest absolute Gasteiger partial charge is 0.332 e. The summed E-state index contributed by atoms with van der Waals surface area (Å²) in [7, 11) is 2.88. The number of rotatable bonds is 4. The standard InChI is InChI=1S/C20H27N5O5/c1-22-18-17(19(28)23(2)20(22)29)25(12-21-18)10-16(27)30-11-15(26)24-8-7-13-5-3-4-6-14(13)9-24/h12-14H,3-11H2,1-2H3/t13-,14-/m1/s1. The molecule has 2 aromatic rings. The molecule has 2 fully saturated rings. The Morgan fingerprint density at radius 3 is 2.60 bits per heavy atom. The van der Waals surface area contributed by atoms with E-state index in [1.807, 2.05) is 0 Å². The molecule has 0 N–H and O–H groups in total. The van der Waals surface area contributed by atoms with Crippen LogP contribution in [0.2, 0.25) is 0 Å². The monoisotopic (exact) mass is 417 g/mol. The molecule has 0 spiro atoms. The predicted octanol–water partition coefficient (Wildman–Crippen LogP) is 0.0156. The Morgan fingerprint density at radius 1 is 1.10 bits per heavy atom. The van der Waals surface area contributed by atoms with Crippen LogP contribution in [0.1, 0.15) is 32.1 Å². The number of ether oxygens (including phenoxy) is 1. The average Bonchev–Trinajstić information content (AvgIpc) is 3.17. The number of aryl methyl sites for hydroxylation is 1. The van der Waals surface area contributed by atoms with E-state index in [1.165, 1.54) is 55.2 Å². The van der Waals surface area contributed by atoms with Crippen LogP contribution in [0.3, 0.4) is 0 Å². The van der Waals surface area contributed by atoms with E-state index in [1.54, 1.807) is 4.90 Å². The number of hydrogen-bond donors (Lipinski definition) is 0. The van der Waals surface area contributed by atoms with E-state index in [9.17, 15) is 19.2 Å². The predicted molar refractivity (Wildman–Crippen MR) is 108 cm³/mol. The molecule has 1 aliphatic heterocycles. The summed E-state index contributed by atoms with van der Waals surface area (Å²) in [5, 5.41) is 0. The van der Waals surface area contributed by atoms with E-state index in [0.29, 0.717) is 12.5 Å². The summed E-state index contributed by atoms with van der Waals surface area (Å²) in [6, 6.07) is 0. The Kier molecular flexibility index (Phi) is 5.48. The maximum atomic E-state index is 12.5. The molecule has 2 aliphatic rings. The third-order valence-electron chi connectivity index (χ3n) is 6.52. The molecule has 1 saturated heterocycles. The van der Waals surface area contributed by atoms with E-state index < -0.39 is 17.2 Å². The molecule has 1 saturated carbocycles. The maximum absolute atomic E-state index is 12.5. The van der Waals surface area contributed by atoms with Crippen molar-refractivity contribution in [1.82, 2.24) is 23.6 Å². The van der Waals surface area contributed by atoms with Gasteiger partial charge in [-0.05, 0) is 24.7 Å². The van der Waals surface area contributed by atoms with Crippen molar-refractivity contribution in [1.29, 1.82) is 0 Å². The van der Waals surface area contributed by atoms with Gasteiger partial charge in [0.1, 0.15) is 6.54 Å². The van der Waals surface area contributed by atoms with Gasteiger partial charge in [-0.2, -0.15) is 0 Å². The highest BCUT2D eigenvalue weighted by atomic mass is 16.5. The van der Waals surface area contributed by atoms with Gasteiger partial charge in [0.15, 0.2) is 17.8 Å². The number of imidazole rings is 1. The van der Waals surface area contributed by atoms with Crippen molar-refractivity contribution in [3.63, 3.8) is 0 Å². The normalized spacial score (nSPS) is 21.5. The third kappa shape index (κ3) is 3.66. The molecule has 162 valence electrons. The molecule has 10 heteroatoms. The highest BCUT2D eigenvalue weighted by Crippen LogP contribution is 2.35. The quantitative estimate of drug-likeness (QED) is 0.649. The van der Waals surface area contributed by atoms with Crippen LogP contribution in [0.4, 0.5) is 0 Å². The minimum Gasteiger partial charge on any atom is -0.454 e. The first-order chi connectivity index (χ1) is 14.4. The van der Waals surface area contributed by atoms with Gasteiger partial charge < -0.3 is 14.2 Å². The van der Waals surface area contributed by atoms with Crippen LogP contribution >= 0.6 is 0 Å². The topological polar surface area (TPSA) is 108 Å². The Labute approximate surface area is 173 Å².